The van der Waals surface area contributed by atoms with Crippen LogP contribution in [0.5, 0.6) is 0 Å². The van der Waals surface area contributed by atoms with Crippen LogP contribution in [-0.2, 0) is 19.1 Å². The van der Waals surface area contributed by atoms with Crippen LogP contribution in [0.1, 0.15) is 25.5 Å². The number of nitrogens with zero attached hydrogens (tertiary/aromatic N) is 3. The molecule has 2 atom stereocenters. The van der Waals surface area contributed by atoms with E-state index in [-0.39, 0.29) is 11.7 Å². The van der Waals surface area contributed by atoms with E-state index in [1.165, 1.54) is 4.90 Å². The Morgan fingerprint density at radius 3 is 2.46 bits per heavy atom. The standard InChI is InChI=1S/C27H27N3O4S/c1-17(2)24(31)22-23(21-4-3-10-28-26(21)29-11-13-34-14-12-29)30(27(33)25(22)32)20-7-5-18(6-8-20)19-9-15-35-16-19/h3-10,15-17,22-23H,11-14H2,1-2H3. The van der Waals surface area contributed by atoms with Crippen LogP contribution in [0.25, 0.3) is 11.1 Å². The fraction of sp³-hybridized carbons (Fsp3) is 0.333. The zero-order chi connectivity index (χ0) is 24.5. The SMILES string of the molecule is CC(C)C(=O)C1C(=O)C(=O)N(c2ccc(-c3ccsc3)cc2)C1c1cccnc1N1CCOCC1. The molecular formula is C27H27N3O4S. The van der Waals surface area contributed by atoms with E-state index in [9.17, 15) is 14.4 Å². The van der Waals surface area contributed by atoms with Gasteiger partial charge in [-0.15, -0.1) is 0 Å². The Kier molecular flexibility index (Phi) is 6.49. The zero-order valence-corrected chi connectivity index (χ0v) is 20.5. The van der Waals surface area contributed by atoms with E-state index in [1.54, 1.807) is 37.4 Å². The lowest BCUT2D eigenvalue weighted by Gasteiger charge is -2.34. The van der Waals surface area contributed by atoms with Gasteiger partial charge in [-0.25, -0.2) is 4.98 Å². The average molecular weight is 490 g/mol. The molecule has 2 aliphatic heterocycles. The van der Waals surface area contributed by atoms with Crippen molar-refractivity contribution < 1.29 is 19.1 Å². The minimum Gasteiger partial charge on any atom is -0.378 e. The second kappa shape index (κ2) is 9.71. The van der Waals surface area contributed by atoms with Crippen molar-refractivity contribution in [2.24, 2.45) is 11.8 Å². The first-order valence-electron chi connectivity index (χ1n) is 11.8. The maximum absolute atomic E-state index is 13.4. The number of benzene rings is 1. The fourth-order valence-corrected chi connectivity index (χ4v) is 5.50. The summed E-state index contributed by atoms with van der Waals surface area (Å²) in [5.41, 5.74) is 3.41. The molecule has 7 nitrogen and oxygen atoms in total. The van der Waals surface area contributed by atoms with Crippen LogP contribution < -0.4 is 9.80 Å². The van der Waals surface area contributed by atoms with Crippen molar-refractivity contribution in [1.29, 1.82) is 0 Å². The molecule has 8 heteroatoms. The van der Waals surface area contributed by atoms with Gasteiger partial charge in [-0.3, -0.25) is 19.3 Å². The molecule has 2 aliphatic rings. The lowest BCUT2D eigenvalue weighted by atomic mass is 9.84. The Morgan fingerprint density at radius 1 is 1.06 bits per heavy atom. The number of morpholine rings is 1. The largest absolute Gasteiger partial charge is 0.378 e. The Balaban J connectivity index is 1.62. The number of ketones is 2. The Bertz CT molecular complexity index is 1230. The predicted octanol–water partition coefficient (Wildman–Crippen LogP) is 4.15. The highest BCUT2D eigenvalue weighted by molar-refractivity contribution is 7.08. The van der Waals surface area contributed by atoms with Gasteiger partial charge in [0.25, 0.3) is 5.91 Å². The van der Waals surface area contributed by atoms with Crippen molar-refractivity contribution in [3.05, 3.63) is 65.0 Å². The number of pyridine rings is 1. The smallest absolute Gasteiger partial charge is 0.295 e. The van der Waals surface area contributed by atoms with Crippen molar-refractivity contribution in [3.8, 4) is 11.1 Å². The summed E-state index contributed by atoms with van der Waals surface area (Å²) in [6.07, 6.45) is 1.70. The molecule has 1 amide bonds. The summed E-state index contributed by atoms with van der Waals surface area (Å²) in [5, 5.41) is 4.07. The normalized spacial score (nSPS) is 20.7. The first-order valence-corrected chi connectivity index (χ1v) is 12.7. The number of aromatic nitrogens is 1. The molecule has 180 valence electrons. The van der Waals surface area contributed by atoms with Gasteiger partial charge in [0.1, 0.15) is 17.5 Å². The maximum atomic E-state index is 13.4. The summed E-state index contributed by atoms with van der Waals surface area (Å²) in [6, 6.07) is 12.5. The number of carbonyl (C=O) groups is 3. The van der Waals surface area contributed by atoms with E-state index in [0.29, 0.717) is 43.4 Å². The third-order valence-corrected chi connectivity index (χ3v) is 7.31. The molecule has 2 saturated heterocycles. The van der Waals surface area contributed by atoms with Gasteiger partial charge in [-0.05, 0) is 46.2 Å². The van der Waals surface area contributed by atoms with Crippen LogP contribution >= 0.6 is 11.3 Å². The van der Waals surface area contributed by atoms with Gasteiger partial charge in [0.15, 0.2) is 0 Å². The molecule has 0 spiro atoms. The van der Waals surface area contributed by atoms with E-state index in [2.05, 4.69) is 15.3 Å². The van der Waals surface area contributed by atoms with Crippen LogP contribution in [0.15, 0.2) is 59.4 Å². The average Bonchev–Trinajstić information content (AvgIpc) is 3.51. The molecule has 4 heterocycles. The van der Waals surface area contributed by atoms with Crippen LogP contribution in [-0.4, -0.2) is 48.8 Å². The van der Waals surface area contributed by atoms with Gasteiger partial charge in [0, 0.05) is 36.5 Å². The quantitative estimate of drug-likeness (QED) is 0.382. The molecule has 0 N–H and O–H groups in total. The molecule has 2 fully saturated rings. The van der Waals surface area contributed by atoms with E-state index in [0.717, 1.165) is 11.1 Å². The molecule has 1 aromatic carbocycles. The van der Waals surface area contributed by atoms with Gasteiger partial charge in [-0.1, -0.05) is 32.0 Å². The Morgan fingerprint density at radius 2 is 1.80 bits per heavy atom. The lowest BCUT2D eigenvalue weighted by molar-refractivity contribution is -0.139. The summed E-state index contributed by atoms with van der Waals surface area (Å²) >= 11 is 1.62. The van der Waals surface area contributed by atoms with Crippen molar-refractivity contribution in [2.45, 2.75) is 19.9 Å². The molecule has 0 aliphatic carbocycles. The second-order valence-corrected chi connectivity index (χ2v) is 9.87. The number of ether oxygens (including phenoxy) is 1. The van der Waals surface area contributed by atoms with E-state index < -0.39 is 23.7 Å². The maximum Gasteiger partial charge on any atom is 0.295 e. The lowest BCUT2D eigenvalue weighted by Crippen LogP contribution is -2.39. The Labute approximate surface area is 208 Å². The van der Waals surface area contributed by atoms with Crippen LogP contribution in [0.2, 0.25) is 0 Å². The van der Waals surface area contributed by atoms with Crippen molar-refractivity contribution in [1.82, 2.24) is 4.98 Å². The number of amides is 1. The molecule has 3 aromatic rings. The van der Waals surface area contributed by atoms with E-state index in [4.69, 9.17) is 4.74 Å². The summed E-state index contributed by atoms with van der Waals surface area (Å²) in [7, 11) is 0. The summed E-state index contributed by atoms with van der Waals surface area (Å²) in [4.78, 5) is 48.2. The van der Waals surface area contributed by atoms with Gasteiger partial charge in [-0.2, -0.15) is 11.3 Å². The highest BCUT2D eigenvalue weighted by atomic mass is 32.1. The number of thiophene rings is 1. The summed E-state index contributed by atoms with van der Waals surface area (Å²) in [5.74, 6) is -2.33. The monoisotopic (exact) mass is 489 g/mol. The molecule has 35 heavy (non-hydrogen) atoms. The number of Topliss-reactive ketones (excluding diaryl/α,β-unsaturated/α-hetero) is 2. The molecule has 5 rings (SSSR count). The minimum atomic E-state index is -1.08. The van der Waals surface area contributed by atoms with Gasteiger partial charge in [0.05, 0.1) is 19.3 Å². The van der Waals surface area contributed by atoms with E-state index >= 15 is 0 Å². The Hall–Kier alpha value is -3.36. The number of hydrogen-bond acceptors (Lipinski definition) is 7. The molecule has 0 radical (unpaired) electrons. The topological polar surface area (TPSA) is 79.8 Å². The first kappa shape index (κ1) is 23.4. The number of hydrogen-bond donors (Lipinski definition) is 0. The third-order valence-electron chi connectivity index (χ3n) is 6.63. The van der Waals surface area contributed by atoms with Crippen molar-refractivity contribution in [3.63, 3.8) is 0 Å². The van der Waals surface area contributed by atoms with Crippen molar-refractivity contribution in [2.75, 3.05) is 36.1 Å². The molecule has 0 bridgehead atoms. The molecule has 2 unspecified atom stereocenters. The van der Waals surface area contributed by atoms with Crippen molar-refractivity contribution >= 4 is 40.3 Å². The molecular weight excluding hydrogens is 462 g/mol. The first-order chi connectivity index (χ1) is 17.0. The number of carbonyl (C=O) groups excluding carboxylic acids is 3. The van der Waals surface area contributed by atoms with Gasteiger partial charge < -0.3 is 9.64 Å². The van der Waals surface area contributed by atoms with Crippen LogP contribution in [0.3, 0.4) is 0 Å². The second-order valence-electron chi connectivity index (χ2n) is 9.09. The van der Waals surface area contributed by atoms with Crippen LogP contribution in [0.4, 0.5) is 11.5 Å². The summed E-state index contributed by atoms with van der Waals surface area (Å²) < 4.78 is 5.50. The number of anilines is 2. The van der Waals surface area contributed by atoms with E-state index in [1.807, 2.05) is 41.8 Å². The summed E-state index contributed by atoms with van der Waals surface area (Å²) in [6.45, 7) is 5.97. The fourth-order valence-electron chi connectivity index (χ4n) is 4.83. The highest BCUT2D eigenvalue weighted by Crippen LogP contribution is 2.44. The minimum absolute atomic E-state index is 0.234. The van der Waals surface area contributed by atoms with Crippen LogP contribution in [0, 0.1) is 11.8 Å². The highest BCUT2D eigenvalue weighted by Gasteiger charge is 2.53. The van der Waals surface area contributed by atoms with Gasteiger partial charge >= 0.3 is 0 Å². The van der Waals surface area contributed by atoms with Gasteiger partial charge in [0.2, 0.25) is 5.78 Å². The molecule has 0 saturated carbocycles. The third kappa shape index (κ3) is 4.28. The molecule has 2 aromatic heterocycles. The zero-order valence-electron chi connectivity index (χ0n) is 19.7. The number of rotatable bonds is 6. The predicted molar refractivity (Wildman–Crippen MR) is 136 cm³/mol.